The number of carbonyl (C=O) groups excluding carboxylic acids is 1. The van der Waals surface area contributed by atoms with Crippen LogP contribution in [0, 0.1) is 5.41 Å². The average Bonchev–Trinajstić information content (AvgIpc) is 3.16. The Labute approximate surface area is 165 Å². The summed E-state index contributed by atoms with van der Waals surface area (Å²) in [6.45, 7) is 3.27. The number of benzene rings is 1. The SMILES string of the molecule is O=C(c1cccnc1SCCc1ccccc1)N1CCC[C@@]2(CCOC2)C1. The second-order valence-electron chi connectivity index (χ2n) is 7.57. The lowest BCUT2D eigenvalue weighted by molar-refractivity contribution is 0.0459. The monoisotopic (exact) mass is 382 g/mol. The molecule has 0 radical (unpaired) electrons. The molecule has 5 heteroatoms. The number of amides is 1. The summed E-state index contributed by atoms with van der Waals surface area (Å²) in [7, 11) is 0. The first kappa shape index (κ1) is 18.5. The van der Waals surface area contributed by atoms with Crippen LogP contribution >= 0.6 is 11.8 Å². The number of aromatic nitrogens is 1. The molecule has 1 amide bonds. The fourth-order valence-corrected chi connectivity index (χ4v) is 5.08. The summed E-state index contributed by atoms with van der Waals surface area (Å²) in [5, 5.41) is 0.848. The molecule has 1 spiro atoms. The number of carbonyl (C=O) groups is 1. The van der Waals surface area contributed by atoms with E-state index in [-0.39, 0.29) is 11.3 Å². The van der Waals surface area contributed by atoms with Gasteiger partial charge >= 0.3 is 0 Å². The molecule has 4 nitrogen and oxygen atoms in total. The van der Waals surface area contributed by atoms with E-state index < -0.39 is 0 Å². The van der Waals surface area contributed by atoms with Crippen molar-refractivity contribution in [3.63, 3.8) is 0 Å². The first-order chi connectivity index (χ1) is 13.3. The van der Waals surface area contributed by atoms with E-state index in [1.54, 1.807) is 18.0 Å². The maximum absolute atomic E-state index is 13.2. The van der Waals surface area contributed by atoms with E-state index in [4.69, 9.17) is 4.74 Å². The van der Waals surface area contributed by atoms with Crippen molar-refractivity contribution < 1.29 is 9.53 Å². The highest BCUT2D eigenvalue weighted by Gasteiger charge is 2.40. The second-order valence-corrected chi connectivity index (χ2v) is 8.66. The Morgan fingerprint density at radius 1 is 1.19 bits per heavy atom. The summed E-state index contributed by atoms with van der Waals surface area (Å²) in [6, 6.07) is 14.2. The van der Waals surface area contributed by atoms with E-state index in [1.165, 1.54) is 12.0 Å². The lowest BCUT2D eigenvalue weighted by atomic mass is 9.79. The van der Waals surface area contributed by atoms with Crippen LogP contribution in [0.3, 0.4) is 0 Å². The molecule has 2 aliphatic heterocycles. The van der Waals surface area contributed by atoms with Gasteiger partial charge in [0.15, 0.2) is 0 Å². The molecule has 142 valence electrons. The number of aryl methyl sites for hydroxylation is 1. The van der Waals surface area contributed by atoms with Crippen LogP contribution in [0.15, 0.2) is 53.7 Å². The molecule has 1 atom stereocenters. The van der Waals surface area contributed by atoms with Crippen LogP contribution in [0.4, 0.5) is 0 Å². The number of likely N-dealkylation sites (tertiary alicyclic amines) is 1. The molecule has 0 bridgehead atoms. The van der Waals surface area contributed by atoms with Crippen molar-refractivity contribution in [2.24, 2.45) is 5.41 Å². The van der Waals surface area contributed by atoms with Crippen LogP contribution in [0.5, 0.6) is 0 Å². The number of hydrogen-bond acceptors (Lipinski definition) is 4. The van der Waals surface area contributed by atoms with Crippen molar-refractivity contribution in [1.82, 2.24) is 9.88 Å². The maximum atomic E-state index is 13.2. The van der Waals surface area contributed by atoms with Gasteiger partial charge < -0.3 is 9.64 Å². The van der Waals surface area contributed by atoms with E-state index in [0.717, 1.165) is 61.9 Å². The zero-order valence-corrected chi connectivity index (χ0v) is 16.4. The van der Waals surface area contributed by atoms with E-state index in [0.29, 0.717) is 0 Å². The molecule has 2 aromatic rings. The van der Waals surface area contributed by atoms with Crippen molar-refractivity contribution in [1.29, 1.82) is 0 Å². The Balaban J connectivity index is 1.43. The summed E-state index contributed by atoms with van der Waals surface area (Å²) in [4.78, 5) is 19.8. The van der Waals surface area contributed by atoms with Gasteiger partial charge in [0.2, 0.25) is 0 Å². The highest BCUT2D eigenvalue weighted by molar-refractivity contribution is 7.99. The van der Waals surface area contributed by atoms with Gasteiger partial charge in [-0.25, -0.2) is 4.98 Å². The Morgan fingerprint density at radius 3 is 2.89 bits per heavy atom. The lowest BCUT2D eigenvalue weighted by Gasteiger charge is -2.39. The fraction of sp³-hybridized carbons (Fsp3) is 0.455. The minimum absolute atomic E-state index is 0.122. The summed E-state index contributed by atoms with van der Waals surface area (Å²) in [5.74, 6) is 1.04. The zero-order chi connectivity index (χ0) is 18.5. The highest BCUT2D eigenvalue weighted by Crippen LogP contribution is 2.38. The fourth-order valence-electron chi connectivity index (χ4n) is 4.10. The quantitative estimate of drug-likeness (QED) is 0.732. The van der Waals surface area contributed by atoms with Crippen molar-refractivity contribution in [3.8, 4) is 0 Å². The number of piperidine rings is 1. The Kier molecular flexibility index (Phi) is 5.79. The number of thioether (sulfide) groups is 1. The van der Waals surface area contributed by atoms with Gasteiger partial charge in [0.1, 0.15) is 5.03 Å². The van der Waals surface area contributed by atoms with Gasteiger partial charge in [-0.05, 0) is 43.4 Å². The molecule has 0 aliphatic carbocycles. The van der Waals surface area contributed by atoms with Gasteiger partial charge in [0.05, 0.1) is 12.2 Å². The third-order valence-corrected chi connectivity index (χ3v) is 6.61. The predicted molar refractivity (Wildman–Crippen MR) is 108 cm³/mol. The van der Waals surface area contributed by atoms with Crippen molar-refractivity contribution in [2.75, 3.05) is 32.1 Å². The molecule has 1 aromatic heterocycles. The minimum Gasteiger partial charge on any atom is -0.381 e. The molecule has 4 rings (SSSR count). The van der Waals surface area contributed by atoms with Crippen LogP contribution in [0.25, 0.3) is 0 Å². The normalized spacial score (nSPS) is 22.3. The van der Waals surface area contributed by atoms with Gasteiger partial charge in [-0.15, -0.1) is 11.8 Å². The van der Waals surface area contributed by atoms with Crippen molar-refractivity contribution >= 4 is 17.7 Å². The molecule has 27 heavy (non-hydrogen) atoms. The molecule has 2 fully saturated rings. The standard InChI is InChI=1S/C22H26N2O2S/c25-21(24-13-5-10-22(16-24)11-14-26-17-22)19-8-4-12-23-20(19)27-15-9-18-6-2-1-3-7-18/h1-4,6-8,12H,5,9-11,13-17H2/t22-/m1/s1. The lowest BCUT2D eigenvalue weighted by Crippen LogP contribution is -2.46. The molecule has 3 heterocycles. The van der Waals surface area contributed by atoms with E-state index in [9.17, 15) is 4.79 Å². The van der Waals surface area contributed by atoms with Crippen molar-refractivity contribution in [3.05, 3.63) is 59.8 Å². The van der Waals surface area contributed by atoms with Crippen LogP contribution in [0.1, 0.15) is 35.2 Å². The zero-order valence-electron chi connectivity index (χ0n) is 15.6. The molecule has 0 N–H and O–H groups in total. The molecular formula is C22H26N2O2S. The maximum Gasteiger partial charge on any atom is 0.256 e. The summed E-state index contributed by atoms with van der Waals surface area (Å²) >= 11 is 1.67. The summed E-state index contributed by atoms with van der Waals surface area (Å²) < 4.78 is 5.64. The largest absolute Gasteiger partial charge is 0.381 e. The Hall–Kier alpha value is -1.85. The van der Waals surface area contributed by atoms with E-state index in [1.807, 2.05) is 23.1 Å². The molecule has 0 unspecified atom stereocenters. The van der Waals surface area contributed by atoms with Gasteiger partial charge in [0, 0.05) is 37.1 Å². The van der Waals surface area contributed by atoms with Crippen molar-refractivity contribution in [2.45, 2.75) is 30.7 Å². The van der Waals surface area contributed by atoms with E-state index >= 15 is 0 Å². The molecule has 0 saturated carbocycles. The van der Waals surface area contributed by atoms with Crippen LogP contribution in [-0.2, 0) is 11.2 Å². The molecule has 2 aliphatic rings. The topological polar surface area (TPSA) is 42.4 Å². The predicted octanol–water partition coefficient (Wildman–Crippen LogP) is 4.06. The highest BCUT2D eigenvalue weighted by atomic mass is 32.2. The summed E-state index contributed by atoms with van der Waals surface area (Å²) in [6.07, 6.45) is 6.06. The number of pyridine rings is 1. The van der Waals surface area contributed by atoms with Crippen LogP contribution < -0.4 is 0 Å². The van der Waals surface area contributed by atoms with Gasteiger partial charge in [-0.3, -0.25) is 4.79 Å². The van der Waals surface area contributed by atoms with Gasteiger partial charge in [0.25, 0.3) is 5.91 Å². The number of nitrogens with zero attached hydrogens (tertiary/aromatic N) is 2. The number of ether oxygens (including phenoxy) is 1. The molecular weight excluding hydrogens is 356 g/mol. The van der Waals surface area contributed by atoms with Crippen LogP contribution in [0.2, 0.25) is 0 Å². The Morgan fingerprint density at radius 2 is 2.07 bits per heavy atom. The second kappa shape index (κ2) is 8.44. The smallest absolute Gasteiger partial charge is 0.256 e. The Bertz CT molecular complexity index is 775. The van der Waals surface area contributed by atoms with Crippen LogP contribution in [-0.4, -0.2) is 47.8 Å². The molecule has 1 aromatic carbocycles. The minimum atomic E-state index is 0.122. The number of rotatable bonds is 5. The third-order valence-electron chi connectivity index (χ3n) is 5.61. The van der Waals surface area contributed by atoms with E-state index in [2.05, 4.69) is 29.2 Å². The molecule has 2 saturated heterocycles. The van der Waals surface area contributed by atoms with Gasteiger partial charge in [-0.2, -0.15) is 0 Å². The number of hydrogen-bond donors (Lipinski definition) is 0. The first-order valence-corrected chi connectivity index (χ1v) is 10.7. The summed E-state index contributed by atoms with van der Waals surface area (Å²) in [5.41, 5.74) is 2.23. The average molecular weight is 383 g/mol. The van der Waals surface area contributed by atoms with Gasteiger partial charge in [-0.1, -0.05) is 30.3 Å². The first-order valence-electron chi connectivity index (χ1n) is 9.75. The third kappa shape index (κ3) is 4.36.